The molecular weight excluding hydrogens is 444 g/mol. The molecule has 8 heteroatoms. The first-order valence-corrected chi connectivity index (χ1v) is 11.4. The number of carbonyl (C=O) groups is 1. The van der Waals surface area contributed by atoms with Crippen LogP contribution in [-0.4, -0.2) is 58.9 Å². The standard InChI is InChI=1S/C27H30N4O4/c1-27(2,3)35-26(32)31(4)15-16-34-22-17-28-14-12-19(22)24-23(18-9-6-7-11-21(18)33-5)25-20(30-24)10-8-13-29-25/h6-14,17,30H,15-16H2,1-5H3. The van der Waals surface area contributed by atoms with Gasteiger partial charge >= 0.3 is 6.09 Å². The number of H-pyrrole nitrogens is 1. The molecule has 8 nitrogen and oxygen atoms in total. The summed E-state index contributed by atoms with van der Waals surface area (Å²) in [7, 11) is 3.34. The number of hydrogen-bond acceptors (Lipinski definition) is 6. The summed E-state index contributed by atoms with van der Waals surface area (Å²) in [6.07, 6.45) is 4.77. The van der Waals surface area contributed by atoms with Crippen molar-refractivity contribution in [1.82, 2.24) is 19.9 Å². The Bertz CT molecular complexity index is 1330. The molecule has 0 aliphatic carbocycles. The largest absolute Gasteiger partial charge is 0.496 e. The first-order chi connectivity index (χ1) is 16.8. The summed E-state index contributed by atoms with van der Waals surface area (Å²) in [6, 6.07) is 13.6. The number of amides is 1. The summed E-state index contributed by atoms with van der Waals surface area (Å²) < 4.78 is 17.2. The summed E-state index contributed by atoms with van der Waals surface area (Å²) in [4.78, 5) is 26.2. The van der Waals surface area contributed by atoms with E-state index in [1.165, 1.54) is 4.90 Å². The molecule has 1 amide bonds. The van der Waals surface area contributed by atoms with E-state index in [-0.39, 0.29) is 6.61 Å². The minimum Gasteiger partial charge on any atom is -0.496 e. The molecule has 3 aromatic heterocycles. The van der Waals surface area contributed by atoms with Gasteiger partial charge in [0, 0.05) is 36.1 Å². The van der Waals surface area contributed by atoms with Crippen LogP contribution in [0, 0.1) is 0 Å². The molecule has 0 aliphatic rings. The number of para-hydroxylation sites is 1. The predicted molar refractivity (Wildman–Crippen MR) is 136 cm³/mol. The number of nitrogens with zero attached hydrogens (tertiary/aromatic N) is 3. The van der Waals surface area contributed by atoms with Crippen LogP contribution in [0.15, 0.2) is 61.1 Å². The van der Waals surface area contributed by atoms with Crippen LogP contribution in [0.3, 0.4) is 0 Å². The van der Waals surface area contributed by atoms with Gasteiger partial charge in [-0.25, -0.2) is 4.79 Å². The molecule has 0 atom stereocenters. The van der Waals surface area contributed by atoms with Crippen LogP contribution >= 0.6 is 0 Å². The zero-order valence-electron chi connectivity index (χ0n) is 20.7. The SMILES string of the molecule is COc1ccccc1-c1c(-c2ccncc2OCCN(C)C(=O)OC(C)(C)C)[nH]c2cccnc12. The maximum absolute atomic E-state index is 12.3. The first-order valence-electron chi connectivity index (χ1n) is 11.4. The molecule has 4 aromatic rings. The number of methoxy groups -OCH3 is 1. The van der Waals surface area contributed by atoms with E-state index in [4.69, 9.17) is 14.2 Å². The van der Waals surface area contributed by atoms with Gasteiger partial charge in [0.05, 0.1) is 36.6 Å². The monoisotopic (exact) mass is 474 g/mol. The van der Waals surface area contributed by atoms with E-state index in [0.29, 0.717) is 12.3 Å². The molecule has 0 saturated carbocycles. The Kier molecular flexibility index (Phi) is 6.91. The minimum absolute atomic E-state index is 0.275. The third-order valence-corrected chi connectivity index (χ3v) is 5.37. The van der Waals surface area contributed by atoms with Gasteiger partial charge in [-0.3, -0.25) is 9.97 Å². The lowest BCUT2D eigenvalue weighted by Gasteiger charge is -2.24. The van der Waals surface area contributed by atoms with Crippen molar-refractivity contribution in [2.75, 3.05) is 27.3 Å². The van der Waals surface area contributed by atoms with E-state index < -0.39 is 11.7 Å². The Labute approximate surface area is 204 Å². The fraction of sp³-hybridized carbons (Fsp3) is 0.296. The van der Waals surface area contributed by atoms with E-state index in [1.807, 2.05) is 63.2 Å². The zero-order valence-corrected chi connectivity index (χ0v) is 20.7. The highest BCUT2D eigenvalue weighted by atomic mass is 16.6. The lowest BCUT2D eigenvalue weighted by Crippen LogP contribution is -2.36. The summed E-state index contributed by atoms with van der Waals surface area (Å²) in [6.45, 7) is 6.15. The molecule has 3 heterocycles. The van der Waals surface area contributed by atoms with Gasteiger partial charge in [0.15, 0.2) is 0 Å². The molecule has 4 rings (SSSR count). The summed E-state index contributed by atoms with van der Waals surface area (Å²) in [5, 5.41) is 0. The zero-order chi connectivity index (χ0) is 25.0. The molecule has 0 spiro atoms. The van der Waals surface area contributed by atoms with Crippen molar-refractivity contribution in [2.24, 2.45) is 0 Å². The number of pyridine rings is 2. The van der Waals surface area contributed by atoms with Gasteiger partial charge in [-0.15, -0.1) is 0 Å². The second-order valence-electron chi connectivity index (χ2n) is 9.10. The molecule has 0 fully saturated rings. The van der Waals surface area contributed by atoms with Crippen LogP contribution in [0.25, 0.3) is 33.4 Å². The Balaban J connectivity index is 1.67. The summed E-state index contributed by atoms with van der Waals surface area (Å²) >= 11 is 0. The van der Waals surface area contributed by atoms with Gasteiger partial charge < -0.3 is 24.1 Å². The van der Waals surface area contributed by atoms with Crippen molar-refractivity contribution >= 4 is 17.1 Å². The number of likely N-dealkylation sites (N-methyl/N-ethyl adjacent to an activating group) is 1. The fourth-order valence-electron chi connectivity index (χ4n) is 3.76. The van der Waals surface area contributed by atoms with Gasteiger partial charge in [-0.2, -0.15) is 0 Å². The molecule has 0 unspecified atom stereocenters. The van der Waals surface area contributed by atoms with Crippen LogP contribution in [0.2, 0.25) is 0 Å². The van der Waals surface area contributed by atoms with E-state index in [9.17, 15) is 4.79 Å². The molecule has 0 radical (unpaired) electrons. The number of aromatic amines is 1. The maximum atomic E-state index is 12.3. The number of hydrogen-bond donors (Lipinski definition) is 1. The van der Waals surface area contributed by atoms with Gasteiger partial charge in [0.1, 0.15) is 23.7 Å². The van der Waals surface area contributed by atoms with E-state index in [2.05, 4.69) is 15.0 Å². The van der Waals surface area contributed by atoms with Crippen molar-refractivity contribution in [3.63, 3.8) is 0 Å². The second-order valence-corrected chi connectivity index (χ2v) is 9.10. The molecule has 1 N–H and O–H groups in total. The molecule has 0 bridgehead atoms. The fourth-order valence-corrected chi connectivity index (χ4v) is 3.76. The van der Waals surface area contributed by atoms with Crippen LogP contribution in [0.1, 0.15) is 20.8 Å². The van der Waals surface area contributed by atoms with E-state index >= 15 is 0 Å². The number of benzene rings is 1. The molecule has 0 aliphatic heterocycles. The van der Waals surface area contributed by atoms with E-state index in [1.54, 1.807) is 32.7 Å². The topological polar surface area (TPSA) is 89.6 Å². The number of carbonyl (C=O) groups excluding carboxylic acids is 1. The van der Waals surface area contributed by atoms with Gasteiger partial charge in [-0.1, -0.05) is 18.2 Å². The first kappa shape index (κ1) is 24.1. The van der Waals surface area contributed by atoms with Crippen LogP contribution in [0.4, 0.5) is 4.79 Å². The van der Waals surface area contributed by atoms with Crippen LogP contribution in [-0.2, 0) is 4.74 Å². The highest BCUT2D eigenvalue weighted by Gasteiger charge is 2.22. The van der Waals surface area contributed by atoms with Gasteiger partial charge in [0.2, 0.25) is 0 Å². The number of fused-ring (bicyclic) bond motifs is 1. The third-order valence-electron chi connectivity index (χ3n) is 5.37. The van der Waals surface area contributed by atoms with E-state index in [0.717, 1.165) is 39.2 Å². The Morgan fingerprint density at radius 1 is 1.03 bits per heavy atom. The Morgan fingerprint density at radius 3 is 2.60 bits per heavy atom. The predicted octanol–water partition coefficient (Wildman–Crippen LogP) is 5.55. The van der Waals surface area contributed by atoms with Gasteiger partial charge in [0.25, 0.3) is 0 Å². The van der Waals surface area contributed by atoms with Crippen LogP contribution in [0.5, 0.6) is 11.5 Å². The highest BCUT2D eigenvalue weighted by Crippen LogP contribution is 2.43. The smallest absolute Gasteiger partial charge is 0.410 e. The van der Waals surface area contributed by atoms with Gasteiger partial charge in [-0.05, 0) is 45.0 Å². The Hall–Kier alpha value is -4.07. The summed E-state index contributed by atoms with van der Waals surface area (Å²) in [5.41, 5.74) is 4.69. The van der Waals surface area contributed by atoms with Crippen molar-refractivity contribution in [2.45, 2.75) is 26.4 Å². The Morgan fingerprint density at radius 2 is 1.83 bits per heavy atom. The average Bonchev–Trinajstić information content (AvgIpc) is 3.22. The lowest BCUT2D eigenvalue weighted by molar-refractivity contribution is 0.0278. The van der Waals surface area contributed by atoms with Crippen molar-refractivity contribution < 1.29 is 19.0 Å². The minimum atomic E-state index is -0.554. The molecule has 1 aromatic carbocycles. The lowest BCUT2D eigenvalue weighted by atomic mass is 9.99. The number of rotatable bonds is 7. The normalized spacial score (nSPS) is 11.3. The molecular formula is C27H30N4O4. The quantitative estimate of drug-likeness (QED) is 0.378. The average molecular weight is 475 g/mol. The molecule has 35 heavy (non-hydrogen) atoms. The molecule has 182 valence electrons. The second kappa shape index (κ2) is 10.0. The maximum Gasteiger partial charge on any atom is 0.410 e. The van der Waals surface area contributed by atoms with Crippen molar-refractivity contribution in [1.29, 1.82) is 0 Å². The highest BCUT2D eigenvalue weighted by molar-refractivity contribution is 6.03. The van der Waals surface area contributed by atoms with Crippen LogP contribution < -0.4 is 9.47 Å². The number of nitrogens with one attached hydrogen (secondary N) is 1. The number of ether oxygens (including phenoxy) is 3. The number of aromatic nitrogens is 3. The molecule has 0 saturated heterocycles. The third kappa shape index (κ3) is 5.37. The summed E-state index contributed by atoms with van der Waals surface area (Å²) in [5.74, 6) is 1.34. The van der Waals surface area contributed by atoms with Crippen molar-refractivity contribution in [3.8, 4) is 33.9 Å². The van der Waals surface area contributed by atoms with Crippen molar-refractivity contribution in [3.05, 3.63) is 61.1 Å².